The van der Waals surface area contributed by atoms with E-state index in [1.165, 1.54) is 0 Å². The van der Waals surface area contributed by atoms with Crippen molar-refractivity contribution in [2.24, 2.45) is 0 Å². The summed E-state index contributed by atoms with van der Waals surface area (Å²) in [4.78, 5) is 0. The van der Waals surface area contributed by atoms with Crippen LogP contribution in [0.1, 0.15) is 27.4 Å². The highest BCUT2D eigenvalue weighted by Crippen LogP contribution is 2.46. The minimum absolute atomic E-state index is 0.134. The van der Waals surface area contributed by atoms with Crippen molar-refractivity contribution in [2.45, 2.75) is 0 Å². The zero-order valence-electron chi connectivity index (χ0n) is 44.0. The van der Waals surface area contributed by atoms with Gasteiger partial charge in [-0.3, -0.25) is 0 Å². The summed E-state index contributed by atoms with van der Waals surface area (Å²) >= 11 is 0. The largest absolute Gasteiger partial charge is 0.456 e. The third kappa shape index (κ3) is 4.03. The second kappa shape index (κ2) is 10.2. The molecular formula is C46H28O. The predicted octanol–water partition coefficient (Wildman–Crippen LogP) is 13.2. The molecule has 10 aromatic rings. The van der Waals surface area contributed by atoms with Crippen LogP contribution in [0.5, 0.6) is 0 Å². The highest BCUT2D eigenvalue weighted by molar-refractivity contribution is 6.23. The fourth-order valence-corrected chi connectivity index (χ4v) is 6.28. The van der Waals surface area contributed by atoms with Crippen LogP contribution in [0.15, 0.2) is 174 Å². The molecule has 0 N–H and O–H groups in total. The van der Waals surface area contributed by atoms with Gasteiger partial charge in [-0.05, 0) is 113 Å². The molecule has 47 heavy (non-hydrogen) atoms. The molecule has 0 spiro atoms. The molecule has 1 heterocycles. The van der Waals surface area contributed by atoms with E-state index in [4.69, 9.17) is 23.6 Å². The third-order valence-corrected chi connectivity index (χ3v) is 8.25. The lowest BCUT2D eigenvalue weighted by atomic mass is 9.84. The van der Waals surface area contributed by atoms with Crippen LogP contribution in [0.4, 0.5) is 0 Å². The normalized spacial score (nSPS) is 17.8. The van der Waals surface area contributed by atoms with Crippen LogP contribution in [0.25, 0.3) is 98.4 Å². The Morgan fingerprint density at radius 3 is 1.64 bits per heavy atom. The molecule has 0 bridgehead atoms. The van der Waals surface area contributed by atoms with Crippen molar-refractivity contribution in [2.75, 3.05) is 0 Å². The summed E-state index contributed by atoms with van der Waals surface area (Å²) < 4.78 is 184. The minimum Gasteiger partial charge on any atom is -0.456 e. The van der Waals surface area contributed by atoms with E-state index in [1.54, 1.807) is 48.5 Å². The first kappa shape index (κ1) is 13.3. The van der Waals surface area contributed by atoms with Crippen LogP contribution in [0, 0.1) is 0 Å². The van der Waals surface area contributed by atoms with Gasteiger partial charge in [-0.15, -0.1) is 0 Å². The lowest BCUT2D eigenvalue weighted by Crippen LogP contribution is -1.92. The Labute approximate surface area is 300 Å². The molecule has 0 atom stereocenters. The highest BCUT2D eigenvalue weighted by atomic mass is 16.3. The van der Waals surface area contributed by atoms with Crippen molar-refractivity contribution in [1.29, 1.82) is 0 Å². The minimum atomic E-state index is -0.760. The molecule has 0 saturated carbocycles. The van der Waals surface area contributed by atoms with Gasteiger partial charge in [-0.1, -0.05) is 133 Å². The Kier molecular flexibility index (Phi) is 2.87. The summed E-state index contributed by atoms with van der Waals surface area (Å²) in [6.45, 7) is 0. The molecular weight excluding hydrogens is 569 g/mol. The highest BCUT2D eigenvalue weighted by Gasteiger charge is 2.19. The molecule has 0 amide bonds. The zero-order valence-corrected chi connectivity index (χ0v) is 24.0. The molecule has 1 nitrogen and oxygen atoms in total. The molecule has 1 aromatic heterocycles. The van der Waals surface area contributed by atoms with Crippen molar-refractivity contribution in [1.82, 2.24) is 0 Å². The Hall–Kier alpha value is -6.18. The Morgan fingerprint density at radius 1 is 0.362 bits per heavy atom. The van der Waals surface area contributed by atoms with Gasteiger partial charge in [0.1, 0.15) is 11.2 Å². The van der Waals surface area contributed by atoms with E-state index < -0.39 is 137 Å². The maximum atomic E-state index is 9.90. The van der Waals surface area contributed by atoms with E-state index >= 15 is 0 Å². The number of hydrogen-bond donors (Lipinski definition) is 0. The Balaban J connectivity index is 1.40. The molecule has 9 aromatic carbocycles. The van der Waals surface area contributed by atoms with Gasteiger partial charge in [0, 0.05) is 10.8 Å². The lowest BCUT2D eigenvalue weighted by Gasteiger charge is -2.19. The summed E-state index contributed by atoms with van der Waals surface area (Å²) in [6.07, 6.45) is 0. The van der Waals surface area contributed by atoms with Crippen LogP contribution >= 0.6 is 0 Å². The number of furan rings is 1. The number of rotatable bonds is 3. The maximum absolute atomic E-state index is 9.90. The van der Waals surface area contributed by atoms with Crippen LogP contribution in [0.2, 0.25) is 0 Å². The molecule has 0 aliphatic carbocycles. The second-order valence-electron chi connectivity index (χ2n) is 10.9. The SMILES string of the molecule is [2H]c1c([2H])c([2H])c(-c2c([2H])c(-c3c4ccccc4c(-c4c([2H])c([2H])c5oc6c([2H])c7c([2H])c([2H])c([2H])c([2H])c7c([2H])c6c5c4[2H])c4ccccc34)c([2H])c3c([2H])c([2H])c([2H])c([2H])c23)c([2H])c1[2H]. The average Bonchev–Trinajstić information content (AvgIpc) is 3.73. The van der Waals surface area contributed by atoms with E-state index in [-0.39, 0.29) is 71.1 Å². The smallest absolute Gasteiger partial charge is 0.136 e. The third-order valence-electron chi connectivity index (χ3n) is 8.25. The molecule has 10 rings (SSSR count). The van der Waals surface area contributed by atoms with Crippen molar-refractivity contribution in [3.8, 4) is 33.4 Å². The molecule has 218 valence electrons. The second-order valence-corrected chi connectivity index (χ2v) is 10.9. The average molecular weight is 617 g/mol. The van der Waals surface area contributed by atoms with Crippen LogP contribution in [0.3, 0.4) is 0 Å². The van der Waals surface area contributed by atoms with Gasteiger partial charge in [0.05, 0.1) is 27.4 Å². The molecule has 0 radical (unpaired) electrons. The van der Waals surface area contributed by atoms with E-state index in [9.17, 15) is 8.22 Å². The topological polar surface area (TPSA) is 13.1 Å². The van der Waals surface area contributed by atoms with Gasteiger partial charge in [-0.25, -0.2) is 0 Å². The summed E-state index contributed by atoms with van der Waals surface area (Å²) in [5.41, 5.74) is -1.61. The van der Waals surface area contributed by atoms with E-state index in [1.807, 2.05) is 0 Å². The van der Waals surface area contributed by atoms with Crippen LogP contribution in [-0.2, 0) is 0 Å². The Morgan fingerprint density at radius 2 is 0.936 bits per heavy atom. The molecule has 0 saturated heterocycles. The van der Waals surface area contributed by atoms with Gasteiger partial charge in [0.2, 0.25) is 0 Å². The fourth-order valence-electron chi connectivity index (χ4n) is 6.28. The first-order chi connectivity index (χ1) is 31.7. The van der Waals surface area contributed by atoms with Gasteiger partial charge in [-0.2, -0.15) is 0 Å². The van der Waals surface area contributed by atoms with Gasteiger partial charge >= 0.3 is 0 Å². The van der Waals surface area contributed by atoms with Crippen molar-refractivity contribution >= 4 is 65.0 Å². The monoisotopic (exact) mass is 616 g/mol. The van der Waals surface area contributed by atoms with Gasteiger partial charge < -0.3 is 4.42 Å². The van der Waals surface area contributed by atoms with Crippen LogP contribution < -0.4 is 0 Å². The molecule has 0 unspecified atom stereocenters. The summed E-state index contributed by atoms with van der Waals surface area (Å²) in [5.74, 6) is 0. The van der Waals surface area contributed by atoms with Gasteiger partial charge in [0.25, 0.3) is 0 Å². The van der Waals surface area contributed by atoms with Gasteiger partial charge in [0.15, 0.2) is 0 Å². The molecule has 0 fully saturated rings. The summed E-state index contributed by atoms with van der Waals surface area (Å²) in [5, 5.41) is -0.547. The van der Waals surface area contributed by atoms with Crippen molar-refractivity contribution in [3.05, 3.63) is 169 Å². The molecule has 0 aliphatic rings. The van der Waals surface area contributed by atoms with E-state index in [0.717, 1.165) is 0 Å². The quantitative estimate of drug-likeness (QED) is 0.180. The predicted molar refractivity (Wildman–Crippen MR) is 200 cm³/mol. The van der Waals surface area contributed by atoms with E-state index in [0.29, 0.717) is 10.8 Å². The van der Waals surface area contributed by atoms with Crippen LogP contribution in [-0.4, -0.2) is 0 Å². The molecule has 0 aliphatic heterocycles. The fraction of sp³-hybridized carbons (Fsp3) is 0. The molecule has 1 heteroatoms. The number of benzene rings is 9. The zero-order chi connectivity index (χ0) is 48.3. The summed E-state index contributed by atoms with van der Waals surface area (Å²) in [6, 6.07) is 0.540. The number of fused-ring (bicyclic) bond motifs is 7. The lowest BCUT2D eigenvalue weighted by molar-refractivity contribution is 0.669. The summed E-state index contributed by atoms with van der Waals surface area (Å²) in [7, 11) is 0. The first-order valence-electron chi connectivity index (χ1n) is 24.6. The first-order valence-corrected chi connectivity index (χ1v) is 14.6. The Bertz CT molecular complexity index is 3900. The number of hydrogen-bond acceptors (Lipinski definition) is 1. The van der Waals surface area contributed by atoms with E-state index in [2.05, 4.69) is 0 Å². The van der Waals surface area contributed by atoms with Crippen molar-refractivity contribution in [3.63, 3.8) is 0 Å². The van der Waals surface area contributed by atoms with Crippen molar-refractivity contribution < 1.29 is 31.8 Å². The standard InChI is InChI=1S/C46H28O/c1-2-12-29(13-3-1)40-27-34(24-32-16-6-7-17-35(32)40)46-38-20-10-8-18-36(38)45(37-19-9-11-21-39(37)46)33-22-23-43-41(26-33)42-25-30-14-4-5-15-31(30)28-44(42)47-43/h1-28H/i1D,2D,3D,4D,5D,6D,7D,12D,13D,14D,15D,16D,17D,22D,23D,24D,25D,26D,27D,28D. The maximum Gasteiger partial charge on any atom is 0.136 e.